The van der Waals surface area contributed by atoms with E-state index in [2.05, 4.69) is 5.32 Å². The number of para-hydroxylation sites is 1. The SMILES string of the molecule is CCCNc1ccccc1S(=O)(=O)NCC(F)(F)F. The van der Waals surface area contributed by atoms with Crippen LogP contribution in [0.2, 0.25) is 0 Å². The normalized spacial score (nSPS) is 12.4. The van der Waals surface area contributed by atoms with E-state index >= 15 is 0 Å². The molecular formula is C11H15F3N2O2S. The van der Waals surface area contributed by atoms with Crippen LogP contribution in [0.5, 0.6) is 0 Å². The molecule has 0 aromatic heterocycles. The van der Waals surface area contributed by atoms with Gasteiger partial charge in [-0.05, 0) is 18.6 Å². The average Bonchev–Trinajstić information content (AvgIpc) is 2.34. The summed E-state index contributed by atoms with van der Waals surface area (Å²) in [7, 11) is -4.19. The monoisotopic (exact) mass is 296 g/mol. The Hall–Kier alpha value is -1.28. The molecule has 0 aliphatic carbocycles. The number of hydrogen-bond acceptors (Lipinski definition) is 3. The molecule has 0 amide bonds. The highest BCUT2D eigenvalue weighted by Gasteiger charge is 2.30. The zero-order valence-electron chi connectivity index (χ0n) is 10.3. The number of alkyl halides is 3. The fourth-order valence-electron chi connectivity index (χ4n) is 1.36. The number of anilines is 1. The van der Waals surface area contributed by atoms with Crippen LogP contribution in [0.1, 0.15) is 13.3 Å². The maximum atomic E-state index is 12.1. The molecule has 0 spiro atoms. The van der Waals surface area contributed by atoms with Gasteiger partial charge in [0.1, 0.15) is 11.4 Å². The fraction of sp³-hybridized carbons (Fsp3) is 0.455. The van der Waals surface area contributed by atoms with E-state index in [4.69, 9.17) is 0 Å². The number of benzene rings is 1. The first-order valence-electron chi connectivity index (χ1n) is 5.65. The summed E-state index contributed by atoms with van der Waals surface area (Å²) in [5, 5.41) is 2.87. The molecule has 2 N–H and O–H groups in total. The van der Waals surface area contributed by atoms with Gasteiger partial charge in [0.25, 0.3) is 0 Å². The molecule has 0 saturated heterocycles. The average molecular weight is 296 g/mol. The van der Waals surface area contributed by atoms with Crippen LogP contribution in [-0.2, 0) is 10.0 Å². The third-order valence-electron chi connectivity index (χ3n) is 2.20. The van der Waals surface area contributed by atoms with E-state index in [1.165, 1.54) is 22.9 Å². The molecule has 19 heavy (non-hydrogen) atoms. The quantitative estimate of drug-likeness (QED) is 0.847. The smallest absolute Gasteiger partial charge is 0.384 e. The van der Waals surface area contributed by atoms with Crippen molar-refractivity contribution in [3.8, 4) is 0 Å². The van der Waals surface area contributed by atoms with E-state index in [0.717, 1.165) is 6.42 Å². The molecule has 0 aliphatic heterocycles. The maximum Gasteiger partial charge on any atom is 0.402 e. The third-order valence-corrected chi connectivity index (χ3v) is 3.66. The van der Waals surface area contributed by atoms with E-state index in [1.54, 1.807) is 6.07 Å². The molecule has 0 heterocycles. The van der Waals surface area contributed by atoms with Crippen LogP contribution in [0.15, 0.2) is 29.2 Å². The first kappa shape index (κ1) is 15.8. The summed E-state index contributed by atoms with van der Waals surface area (Å²) in [5.41, 5.74) is 0.291. The summed E-state index contributed by atoms with van der Waals surface area (Å²) >= 11 is 0. The van der Waals surface area contributed by atoms with Gasteiger partial charge < -0.3 is 5.32 Å². The van der Waals surface area contributed by atoms with Crippen LogP contribution in [0, 0.1) is 0 Å². The predicted molar refractivity (Wildman–Crippen MR) is 66.5 cm³/mol. The zero-order valence-corrected chi connectivity index (χ0v) is 11.1. The van der Waals surface area contributed by atoms with Gasteiger partial charge in [0.15, 0.2) is 0 Å². The lowest BCUT2D eigenvalue weighted by Crippen LogP contribution is -2.34. The Labute approximate surface area is 110 Å². The number of sulfonamides is 1. The molecule has 1 aromatic rings. The molecule has 108 valence electrons. The molecular weight excluding hydrogens is 281 g/mol. The number of hydrogen-bond donors (Lipinski definition) is 2. The molecule has 0 aliphatic rings. The highest BCUT2D eigenvalue weighted by atomic mass is 32.2. The first-order chi connectivity index (χ1) is 8.76. The summed E-state index contributed by atoms with van der Waals surface area (Å²) in [6, 6.07) is 5.84. The Morgan fingerprint density at radius 3 is 2.42 bits per heavy atom. The van der Waals surface area contributed by atoms with Crippen molar-refractivity contribution in [3.05, 3.63) is 24.3 Å². The van der Waals surface area contributed by atoms with Crippen LogP contribution in [0.4, 0.5) is 18.9 Å². The van der Waals surface area contributed by atoms with Crippen LogP contribution >= 0.6 is 0 Å². The summed E-state index contributed by atoms with van der Waals surface area (Å²) in [6.45, 7) is 0.843. The Morgan fingerprint density at radius 2 is 1.84 bits per heavy atom. The van der Waals surface area contributed by atoms with Gasteiger partial charge in [-0.25, -0.2) is 13.1 Å². The van der Waals surface area contributed by atoms with Gasteiger partial charge in [0.05, 0.1) is 5.69 Å². The molecule has 0 saturated carbocycles. The van der Waals surface area contributed by atoms with Crippen molar-refractivity contribution in [2.24, 2.45) is 0 Å². The third kappa shape index (κ3) is 5.07. The Morgan fingerprint density at radius 1 is 1.21 bits per heavy atom. The van der Waals surface area contributed by atoms with Gasteiger partial charge >= 0.3 is 6.18 Å². The van der Waals surface area contributed by atoms with Crippen molar-refractivity contribution in [2.45, 2.75) is 24.4 Å². The topological polar surface area (TPSA) is 58.2 Å². The lowest BCUT2D eigenvalue weighted by Gasteiger charge is -2.13. The molecule has 4 nitrogen and oxygen atoms in total. The van der Waals surface area contributed by atoms with Crippen molar-refractivity contribution in [2.75, 3.05) is 18.4 Å². The standard InChI is InChI=1S/C11H15F3N2O2S/c1-2-7-15-9-5-3-4-6-10(9)19(17,18)16-8-11(12,13)14/h3-6,15-16H,2,7-8H2,1H3. The van der Waals surface area contributed by atoms with Gasteiger partial charge in [-0.2, -0.15) is 13.2 Å². The minimum absolute atomic E-state index is 0.187. The van der Waals surface area contributed by atoms with Crippen molar-refractivity contribution >= 4 is 15.7 Å². The lowest BCUT2D eigenvalue weighted by atomic mass is 10.3. The zero-order chi connectivity index (χ0) is 14.5. The van der Waals surface area contributed by atoms with Crippen molar-refractivity contribution < 1.29 is 21.6 Å². The van der Waals surface area contributed by atoms with Gasteiger partial charge in [-0.1, -0.05) is 19.1 Å². The Balaban J connectivity index is 2.94. The predicted octanol–water partition coefficient (Wildman–Crippen LogP) is 2.35. The van der Waals surface area contributed by atoms with E-state index in [9.17, 15) is 21.6 Å². The molecule has 1 rings (SSSR count). The molecule has 1 aromatic carbocycles. The van der Waals surface area contributed by atoms with Gasteiger partial charge in [-0.3, -0.25) is 0 Å². The van der Waals surface area contributed by atoms with Gasteiger partial charge in [-0.15, -0.1) is 0 Å². The first-order valence-corrected chi connectivity index (χ1v) is 7.14. The van der Waals surface area contributed by atoms with Crippen LogP contribution in [-0.4, -0.2) is 27.7 Å². The van der Waals surface area contributed by atoms with Crippen LogP contribution in [0.3, 0.4) is 0 Å². The lowest BCUT2D eigenvalue weighted by molar-refractivity contribution is -0.121. The van der Waals surface area contributed by atoms with Gasteiger partial charge in [0.2, 0.25) is 10.0 Å². The molecule has 8 heteroatoms. The number of nitrogens with one attached hydrogen (secondary N) is 2. The summed E-state index contributed by atoms with van der Waals surface area (Å²) in [6.07, 6.45) is -3.82. The second kappa shape index (κ2) is 6.25. The second-order valence-corrected chi connectivity index (χ2v) is 5.60. The summed E-state index contributed by atoms with van der Waals surface area (Å²) in [4.78, 5) is -0.187. The van der Waals surface area contributed by atoms with Crippen molar-refractivity contribution in [1.82, 2.24) is 4.72 Å². The van der Waals surface area contributed by atoms with Crippen molar-refractivity contribution in [1.29, 1.82) is 0 Å². The minimum Gasteiger partial charge on any atom is -0.384 e. The molecule has 0 fully saturated rings. The van der Waals surface area contributed by atoms with Gasteiger partial charge in [0, 0.05) is 6.54 Å². The maximum absolute atomic E-state index is 12.1. The summed E-state index contributed by atoms with van der Waals surface area (Å²) in [5.74, 6) is 0. The van der Waals surface area contributed by atoms with Crippen LogP contribution in [0.25, 0.3) is 0 Å². The minimum atomic E-state index is -4.58. The number of rotatable bonds is 6. The highest BCUT2D eigenvalue weighted by Crippen LogP contribution is 2.21. The number of halogens is 3. The van der Waals surface area contributed by atoms with E-state index in [-0.39, 0.29) is 4.90 Å². The van der Waals surface area contributed by atoms with E-state index < -0.39 is 22.7 Å². The Bertz CT molecular complexity index is 515. The van der Waals surface area contributed by atoms with E-state index in [0.29, 0.717) is 12.2 Å². The fourth-order valence-corrected chi connectivity index (χ4v) is 2.56. The van der Waals surface area contributed by atoms with Crippen molar-refractivity contribution in [3.63, 3.8) is 0 Å². The highest BCUT2D eigenvalue weighted by molar-refractivity contribution is 7.89. The van der Waals surface area contributed by atoms with E-state index in [1.807, 2.05) is 6.92 Å². The second-order valence-electron chi connectivity index (χ2n) is 3.86. The van der Waals surface area contributed by atoms with Crippen LogP contribution < -0.4 is 10.0 Å². The Kier molecular flexibility index (Phi) is 5.19. The molecule has 0 radical (unpaired) electrons. The molecule has 0 atom stereocenters. The molecule has 0 bridgehead atoms. The summed E-state index contributed by atoms with van der Waals surface area (Å²) < 4.78 is 61.3. The largest absolute Gasteiger partial charge is 0.402 e. The molecule has 0 unspecified atom stereocenters.